The molecule has 1 N–H and O–H groups in total. The number of nitrogens with one attached hydrogen (secondary N) is 1. The van der Waals surface area contributed by atoms with E-state index in [9.17, 15) is 9.59 Å². The van der Waals surface area contributed by atoms with Crippen LogP contribution in [0.4, 0.5) is 0 Å². The van der Waals surface area contributed by atoms with Gasteiger partial charge in [0.25, 0.3) is 5.91 Å². The Labute approximate surface area is 117 Å². The lowest BCUT2D eigenvalue weighted by Gasteiger charge is -2.31. The van der Waals surface area contributed by atoms with E-state index >= 15 is 0 Å². The second-order valence-corrected chi connectivity index (χ2v) is 4.94. The van der Waals surface area contributed by atoms with Gasteiger partial charge in [0.05, 0.1) is 5.92 Å². The summed E-state index contributed by atoms with van der Waals surface area (Å²) in [5.41, 5.74) is 0.324. The topological polar surface area (TPSA) is 62.3 Å². The Bertz CT molecular complexity index is 493. The summed E-state index contributed by atoms with van der Waals surface area (Å²) in [6.07, 6.45) is 1.64. The zero-order valence-corrected chi connectivity index (χ0v) is 11.5. The van der Waals surface area contributed by atoms with Crippen molar-refractivity contribution < 1.29 is 9.59 Å². The highest BCUT2D eigenvalue weighted by molar-refractivity contribution is 6.29. The second kappa shape index (κ2) is 6.02. The Morgan fingerprint density at radius 1 is 1.47 bits per heavy atom. The zero-order chi connectivity index (χ0) is 13.8. The van der Waals surface area contributed by atoms with Gasteiger partial charge in [0.15, 0.2) is 0 Å². The van der Waals surface area contributed by atoms with E-state index in [4.69, 9.17) is 11.6 Å². The monoisotopic (exact) mass is 281 g/mol. The summed E-state index contributed by atoms with van der Waals surface area (Å²) in [5, 5.41) is 2.93. The average molecular weight is 282 g/mol. The van der Waals surface area contributed by atoms with E-state index in [1.807, 2.05) is 0 Å². The Kier molecular flexibility index (Phi) is 4.37. The molecule has 1 unspecified atom stereocenters. The first-order valence-corrected chi connectivity index (χ1v) is 6.63. The van der Waals surface area contributed by atoms with Gasteiger partial charge in [-0.15, -0.1) is 0 Å². The molecule has 1 aliphatic heterocycles. The maximum Gasteiger partial charge on any atom is 0.272 e. The zero-order valence-electron chi connectivity index (χ0n) is 10.7. The van der Waals surface area contributed by atoms with Crippen molar-refractivity contribution in [1.29, 1.82) is 0 Å². The molecule has 0 aliphatic carbocycles. The van der Waals surface area contributed by atoms with Crippen molar-refractivity contribution in [3.8, 4) is 0 Å². The summed E-state index contributed by atoms with van der Waals surface area (Å²) in [4.78, 5) is 29.6. The van der Waals surface area contributed by atoms with Crippen LogP contribution in [0.5, 0.6) is 0 Å². The van der Waals surface area contributed by atoms with Crippen LogP contribution in [0.15, 0.2) is 18.2 Å². The Morgan fingerprint density at radius 3 is 2.95 bits per heavy atom. The van der Waals surface area contributed by atoms with E-state index < -0.39 is 0 Å². The molecule has 1 saturated heterocycles. The fraction of sp³-hybridized carbons (Fsp3) is 0.462. The molecule has 2 heterocycles. The highest BCUT2D eigenvalue weighted by Gasteiger charge is 2.28. The van der Waals surface area contributed by atoms with Crippen LogP contribution in [0.25, 0.3) is 0 Å². The molecule has 0 radical (unpaired) electrons. The number of carbonyl (C=O) groups is 2. The minimum Gasteiger partial charge on any atom is -0.359 e. The van der Waals surface area contributed by atoms with Crippen molar-refractivity contribution in [2.24, 2.45) is 5.92 Å². The molecule has 0 aromatic carbocycles. The fourth-order valence-corrected chi connectivity index (χ4v) is 2.43. The summed E-state index contributed by atoms with van der Waals surface area (Å²) in [5.74, 6) is -0.324. The van der Waals surface area contributed by atoms with Crippen molar-refractivity contribution in [1.82, 2.24) is 15.2 Å². The molecule has 1 aromatic heterocycles. The van der Waals surface area contributed by atoms with Gasteiger partial charge >= 0.3 is 0 Å². The molecular formula is C13H16ClN3O2. The summed E-state index contributed by atoms with van der Waals surface area (Å²) in [6, 6.07) is 4.96. The predicted molar refractivity (Wildman–Crippen MR) is 71.9 cm³/mol. The minimum atomic E-state index is -0.170. The van der Waals surface area contributed by atoms with Gasteiger partial charge in [-0.05, 0) is 25.0 Å². The Balaban J connectivity index is 2.09. The number of nitrogens with zero attached hydrogens (tertiary/aromatic N) is 2. The number of halogens is 1. The summed E-state index contributed by atoms with van der Waals surface area (Å²) >= 11 is 5.78. The van der Waals surface area contributed by atoms with E-state index in [1.165, 1.54) is 0 Å². The summed E-state index contributed by atoms with van der Waals surface area (Å²) in [7, 11) is 1.61. The number of amides is 2. The maximum absolute atomic E-state index is 12.3. The van der Waals surface area contributed by atoms with Crippen molar-refractivity contribution in [2.45, 2.75) is 12.8 Å². The number of aromatic nitrogens is 1. The fourth-order valence-electron chi connectivity index (χ4n) is 2.27. The standard InChI is InChI=1S/C13H16ClN3O2/c1-15-12(18)9-4-3-7-17(8-9)13(19)10-5-2-6-11(14)16-10/h2,5-6,9H,3-4,7-8H2,1H3,(H,15,18). The van der Waals surface area contributed by atoms with Gasteiger partial charge in [-0.25, -0.2) is 4.98 Å². The lowest BCUT2D eigenvalue weighted by atomic mass is 9.97. The Hall–Kier alpha value is -1.62. The molecule has 1 aliphatic rings. The summed E-state index contributed by atoms with van der Waals surface area (Å²) < 4.78 is 0. The summed E-state index contributed by atoms with van der Waals surface area (Å²) in [6.45, 7) is 1.09. The maximum atomic E-state index is 12.3. The molecule has 19 heavy (non-hydrogen) atoms. The average Bonchev–Trinajstić information content (AvgIpc) is 2.45. The quantitative estimate of drug-likeness (QED) is 0.832. The van der Waals surface area contributed by atoms with E-state index in [-0.39, 0.29) is 17.7 Å². The highest BCUT2D eigenvalue weighted by atomic mass is 35.5. The lowest BCUT2D eigenvalue weighted by Crippen LogP contribution is -2.45. The van der Waals surface area contributed by atoms with Crippen molar-refractivity contribution >= 4 is 23.4 Å². The Morgan fingerprint density at radius 2 is 2.26 bits per heavy atom. The number of pyridine rings is 1. The van der Waals surface area contributed by atoms with Gasteiger partial charge in [-0.3, -0.25) is 9.59 Å². The van der Waals surface area contributed by atoms with Crippen molar-refractivity contribution in [2.75, 3.05) is 20.1 Å². The van der Waals surface area contributed by atoms with Crippen LogP contribution in [-0.2, 0) is 4.79 Å². The van der Waals surface area contributed by atoms with Gasteiger partial charge in [0.2, 0.25) is 5.91 Å². The van der Waals surface area contributed by atoms with Gasteiger partial charge in [-0.1, -0.05) is 17.7 Å². The molecule has 1 fully saturated rings. The van der Waals surface area contributed by atoms with Crippen molar-refractivity contribution in [3.63, 3.8) is 0 Å². The molecule has 1 atom stereocenters. The van der Waals surface area contributed by atoms with Crippen LogP contribution in [-0.4, -0.2) is 41.8 Å². The minimum absolute atomic E-state index is 0.0171. The van der Waals surface area contributed by atoms with Gasteiger partial charge in [0, 0.05) is 20.1 Å². The molecule has 0 spiro atoms. The largest absolute Gasteiger partial charge is 0.359 e. The molecule has 2 rings (SSSR count). The van der Waals surface area contributed by atoms with Crippen LogP contribution in [0, 0.1) is 5.92 Å². The molecule has 6 heteroatoms. The van der Waals surface area contributed by atoms with E-state index in [2.05, 4.69) is 10.3 Å². The highest BCUT2D eigenvalue weighted by Crippen LogP contribution is 2.18. The second-order valence-electron chi connectivity index (χ2n) is 4.55. The molecule has 1 aromatic rings. The van der Waals surface area contributed by atoms with Gasteiger partial charge in [-0.2, -0.15) is 0 Å². The predicted octanol–water partition coefficient (Wildman–Crippen LogP) is 1.33. The van der Waals surface area contributed by atoms with E-state index in [0.717, 1.165) is 12.8 Å². The first kappa shape index (κ1) is 13.8. The number of carbonyl (C=O) groups excluding carboxylic acids is 2. The third-order valence-corrected chi connectivity index (χ3v) is 3.47. The van der Waals surface area contributed by atoms with Crippen LogP contribution in [0.2, 0.25) is 5.15 Å². The molecule has 2 amide bonds. The number of piperidine rings is 1. The molecule has 0 bridgehead atoms. The van der Waals surface area contributed by atoms with E-state index in [1.54, 1.807) is 30.1 Å². The van der Waals surface area contributed by atoms with Crippen LogP contribution in [0.1, 0.15) is 23.3 Å². The first-order chi connectivity index (χ1) is 9.11. The third kappa shape index (κ3) is 3.23. The molecule has 102 valence electrons. The third-order valence-electron chi connectivity index (χ3n) is 3.26. The van der Waals surface area contributed by atoms with Gasteiger partial charge < -0.3 is 10.2 Å². The number of hydrogen-bond acceptors (Lipinski definition) is 3. The number of hydrogen-bond donors (Lipinski definition) is 1. The lowest BCUT2D eigenvalue weighted by molar-refractivity contribution is -0.125. The smallest absolute Gasteiger partial charge is 0.272 e. The normalized spacial score (nSPS) is 19.1. The van der Waals surface area contributed by atoms with Crippen LogP contribution < -0.4 is 5.32 Å². The number of likely N-dealkylation sites (tertiary alicyclic amines) is 1. The van der Waals surface area contributed by atoms with Crippen LogP contribution >= 0.6 is 11.6 Å². The van der Waals surface area contributed by atoms with Crippen LogP contribution in [0.3, 0.4) is 0 Å². The number of rotatable bonds is 2. The SMILES string of the molecule is CNC(=O)C1CCCN(C(=O)c2cccc(Cl)n2)C1. The molecule has 5 nitrogen and oxygen atoms in total. The van der Waals surface area contributed by atoms with Gasteiger partial charge in [0.1, 0.15) is 10.8 Å². The molecular weight excluding hydrogens is 266 g/mol. The van der Waals surface area contributed by atoms with E-state index in [0.29, 0.717) is 23.9 Å². The molecule has 0 saturated carbocycles. The van der Waals surface area contributed by atoms with Crippen molar-refractivity contribution in [3.05, 3.63) is 29.0 Å². The first-order valence-electron chi connectivity index (χ1n) is 6.25.